The van der Waals surface area contributed by atoms with Crippen molar-refractivity contribution in [2.45, 2.75) is 11.6 Å². The Morgan fingerprint density at radius 3 is 2.90 bits per heavy atom. The van der Waals surface area contributed by atoms with Gasteiger partial charge in [0.15, 0.2) is 0 Å². The van der Waals surface area contributed by atoms with Gasteiger partial charge in [-0.3, -0.25) is 4.79 Å². The number of rotatable bonds is 5. The molecule has 0 aliphatic heterocycles. The lowest BCUT2D eigenvalue weighted by atomic mass is 10.2. The summed E-state index contributed by atoms with van der Waals surface area (Å²) < 4.78 is 13.4. The van der Waals surface area contributed by atoms with Crippen LogP contribution in [0, 0.1) is 17.1 Å². The van der Waals surface area contributed by atoms with Gasteiger partial charge in [-0.2, -0.15) is 5.26 Å². The number of thioether (sulfide) groups is 1. The zero-order chi connectivity index (χ0) is 15.1. The van der Waals surface area contributed by atoms with E-state index in [9.17, 15) is 9.18 Å². The number of carbonyl (C=O) groups is 1. The molecule has 0 radical (unpaired) electrons. The summed E-state index contributed by atoms with van der Waals surface area (Å²) >= 11 is 1.18. The third-order valence-electron chi connectivity index (χ3n) is 2.67. The average Bonchev–Trinajstić information content (AvgIpc) is 2.52. The van der Waals surface area contributed by atoms with E-state index in [1.807, 2.05) is 6.07 Å². The summed E-state index contributed by atoms with van der Waals surface area (Å²) in [6.07, 6.45) is 1.57. The van der Waals surface area contributed by atoms with Gasteiger partial charge < -0.3 is 5.32 Å². The molecule has 1 aromatic carbocycles. The Bertz CT molecular complexity index is 685. The van der Waals surface area contributed by atoms with Crippen LogP contribution in [0.25, 0.3) is 0 Å². The fourth-order valence-corrected chi connectivity index (χ4v) is 2.39. The quantitative estimate of drug-likeness (QED) is 0.862. The summed E-state index contributed by atoms with van der Waals surface area (Å²) in [5.41, 5.74) is 0.871. The zero-order valence-electron chi connectivity index (χ0n) is 11.0. The summed E-state index contributed by atoms with van der Waals surface area (Å²) in [4.78, 5) is 15.8. The zero-order valence-corrected chi connectivity index (χ0v) is 11.9. The Hall–Kier alpha value is -2.39. The topological polar surface area (TPSA) is 65.8 Å². The molecule has 0 aliphatic carbocycles. The van der Waals surface area contributed by atoms with Gasteiger partial charge in [0, 0.05) is 18.3 Å². The second kappa shape index (κ2) is 7.41. The predicted octanol–water partition coefficient (Wildman–Crippen LogP) is 2.50. The maximum Gasteiger partial charge on any atom is 0.230 e. The van der Waals surface area contributed by atoms with Crippen molar-refractivity contribution in [2.75, 3.05) is 5.75 Å². The fourth-order valence-electron chi connectivity index (χ4n) is 1.61. The van der Waals surface area contributed by atoms with Gasteiger partial charge in [0.05, 0.1) is 11.3 Å². The number of halogens is 1. The highest BCUT2D eigenvalue weighted by atomic mass is 32.2. The van der Waals surface area contributed by atoms with Crippen molar-refractivity contribution >= 4 is 17.7 Å². The standard InChI is InChI=1S/C15H12FN3OS/c16-13-6-2-1-4-12(13)9-19-14(20)10-21-15-11(8-17)5-3-7-18-15/h1-7H,9-10H2,(H,19,20). The Morgan fingerprint density at radius 1 is 1.33 bits per heavy atom. The Morgan fingerprint density at radius 2 is 2.14 bits per heavy atom. The molecule has 1 heterocycles. The van der Waals surface area contributed by atoms with Crippen LogP contribution < -0.4 is 5.32 Å². The van der Waals surface area contributed by atoms with E-state index in [4.69, 9.17) is 5.26 Å². The molecule has 4 nitrogen and oxygen atoms in total. The lowest BCUT2D eigenvalue weighted by Gasteiger charge is -2.06. The van der Waals surface area contributed by atoms with Gasteiger partial charge in [-0.15, -0.1) is 0 Å². The molecule has 1 amide bonds. The SMILES string of the molecule is N#Cc1cccnc1SCC(=O)NCc1ccccc1F. The molecule has 21 heavy (non-hydrogen) atoms. The molecule has 0 unspecified atom stereocenters. The van der Waals surface area contributed by atoms with Crippen molar-refractivity contribution in [3.05, 3.63) is 59.5 Å². The number of hydrogen-bond donors (Lipinski definition) is 1. The number of aromatic nitrogens is 1. The van der Waals surface area contributed by atoms with Crippen LogP contribution in [-0.2, 0) is 11.3 Å². The van der Waals surface area contributed by atoms with Gasteiger partial charge in [0.1, 0.15) is 16.9 Å². The summed E-state index contributed by atoms with van der Waals surface area (Å²) in [6, 6.07) is 11.6. The van der Waals surface area contributed by atoms with Crippen molar-refractivity contribution < 1.29 is 9.18 Å². The van der Waals surface area contributed by atoms with Crippen LogP contribution in [0.1, 0.15) is 11.1 Å². The van der Waals surface area contributed by atoms with Gasteiger partial charge in [0.2, 0.25) is 5.91 Å². The van der Waals surface area contributed by atoms with Crippen molar-refractivity contribution in [1.82, 2.24) is 10.3 Å². The molecule has 0 aliphatic rings. The molecule has 0 spiro atoms. The van der Waals surface area contributed by atoms with E-state index >= 15 is 0 Å². The number of hydrogen-bond acceptors (Lipinski definition) is 4. The van der Waals surface area contributed by atoms with Crippen LogP contribution in [-0.4, -0.2) is 16.6 Å². The first-order valence-electron chi connectivity index (χ1n) is 6.18. The third-order valence-corrected chi connectivity index (χ3v) is 3.67. The lowest BCUT2D eigenvalue weighted by Crippen LogP contribution is -2.25. The van der Waals surface area contributed by atoms with Gasteiger partial charge in [-0.25, -0.2) is 9.37 Å². The first-order valence-corrected chi connectivity index (χ1v) is 7.17. The van der Waals surface area contributed by atoms with E-state index in [1.54, 1.807) is 36.5 Å². The molecule has 0 atom stereocenters. The van der Waals surface area contributed by atoms with Crippen LogP contribution in [0.4, 0.5) is 4.39 Å². The molecular weight excluding hydrogens is 289 g/mol. The maximum atomic E-state index is 13.4. The molecule has 1 aromatic heterocycles. The largest absolute Gasteiger partial charge is 0.351 e. The number of nitriles is 1. The molecule has 0 fully saturated rings. The number of nitrogens with one attached hydrogen (secondary N) is 1. The molecule has 106 valence electrons. The monoisotopic (exact) mass is 301 g/mol. The summed E-state index contributed by atoms with van der Waals surface area (Å²) in [6.45, 7) is 0.138. The number of pyridine rings is 1. The summed E-state index contributed by atoms with van der Waals surface area (Å²) in [5.74, 6) is -0.458. The molecule has 0 saturated carbocycles. The smallest absolute Gasteiger partial charge is 0.230 e. The average molecular weight is 301 g/mol. The predicted molar refractivity (Wildman–Crippen MR) is 77.9 cm³/mol. The summed E-state index contributed by atoms with van der Waals surface area (Å²) in [7, 11) is 0. The first kappa shape index (κ1) is 15.0. The van der Waals surface area contributed by atoms with Crippen LogP contribution in [0.5, 0.6) is 0 Å². The second-order valence-corrected chi connectivity index (χ2v) is 5.09. The minimum absolute atomic E-state index is 0.125. The van der Waals surface area contributed by atoms with Crippen LogP contribution >= 0.6 is 11.8 Å². The van der Waals surface area contributed by atoms with Crippen LogP contribution in [0.15, 0.2) is 47.6 Å². The maximum absolute atomic E-state index is 13.4. The Labute approximate surface area is 126 Å². The van der Waals surface area contributed by atoms with Crippen LogP contribution in [0.3, 0.4) is 0 Å². The van der Waals surface area contributed by atoms with Crippen LogP contribution in [0.2, 0.25) is 0 Å². The van der Waals surface area contributed by atoms with E-state index < -0.39 is 0 Å². The highest BCUT2D eigenvalue weighted by Gasteiger charge is 2.08. The van der Waals surface area contributed by atoms with Crippen molar-refractivity contribution in [3.63, 3.8) is 0 Å². The highest BCUT2D eigenvalue weighted by Crippen LogP contribution is 2.18. The van der Waals surface area contributed by atoms with Gasteiger partial charge in [-0.1, -0.05) is 30.0 Å². The van der Waals surface area contributed by atoms with Gasteiger partial charge in [0.25, 0.3) is 0 Å². The molecule has 2 aromatic rings. The third kappa shape index (κ3) is 4.29. The minimum atomic E-state index is -0.345. The van der Waals surface area contributed by atoms with E-state index in [2.05, 4.69) is 10.3 Å². The van der Waals surface area contributed by atoms with E-state index in [0.29, 0.717) is 16.2 Å². The highest BCUT2D eigenvalue weighted by molar-refractivity contribution is 7.99. The number of benzene rings is 1. The number of carbonyl (C=O) groups excluding carboxylic acids is 1. The summed E-state index contributed by atoms with van der Waals surface area (Å²) in [5, 5.41) is 12.1. The molecule has 0 saturated heterocycles. The van der Waals surface area contributed by atoms with E-state index in [0.717, 1.165) is 0 Å². The minimum Gasteiger partial charge on any atom is -0.351 e. The molecule has 6 heteroatoms. The Balaban J connectivity index is 1.86. The van der Waals surface area contributed by atoms with E-state index in [-0.39, 0.29) is 24.0 Å². The van der Waals surface area contributed by atoms with Gasteiger partial charge in [-0.05, 0) is 18.2 Å². The number of amides is 1. The molecule has 2 rings (SSSR count). The number of nitrogens with zero attached hydrogens (tertiary/aromatic N) is 2. The van der Waals surface area contributed by atoms with Crippen molar-refractivity contribution in [3.8, 4) is 6.07 Å². The van der Waals surface area contributed by atoms with E-state index in [1.165, 1.54) is 17.8 Å². The second-order valence-electron chi connectivity index (χ2n) is 4.12. The normalized spacial score (nSPS) is 9.90. The van der Waals surface area contributed by atoms with Gasteiger partial charge >= 0.3 is 0 Å². The lowest BCUT2D eigenvalue weighted by molar-refractivity contribution is -0.118. The first-order chi connectivity index (χ1) is 10.2. The van der Waals surface area contributed by atoms with Crippen molar-refractivity contribution in [1.29, 1.82) is 5.26 Å². The van der Waals surface area contributed by atoms with Crippen molar-refractivity contribution in [2.24, 2.45) is 0 Å². The molecular formula is C15H12FN3OS. The Kier molecular flexibility index (Phi) is 5.29. The molecule has 0 bridgehead atoms. The molecule has 1 N–H and O–H groups in total. The fraction of sp³-hybridized carbons (Fsp3) is 0.133.